The maximum Gasteiger partial charge on any atom is 0.137 e. The highest BCUT2D eigenvalue weighted by molar-refractivity contribution is 9.10. The van der Waals surface area contributed by atoms with Crippen molar-refractivity contribution in [3.05, 3.63) is 46.8 Å². The minimum atomic E-state index is -0.291. The highest BCUT2D eigenvalue weighted by atomic mass is 79.9. The van der Waals surface area contributed by atoms with Crippen LogP contribution in [0.15, 0.2) is 41.0 Å². The van der Waals surface area contributed by atoms with E-state index in [9.17, 15) is 4.39 Å². The van der Waals surface area contributed by atoms with Gasteiger partial charge in [-0.25, -0.2) is 9.37 Å². The largest absolute Gasteiger partial charge is 0.384 e. The molecule has 0 amide bonds. The first-order valence-electron chi connectivity index (χ1n) is 4.59. The van der Waals surface area contributed by atoms with E-state index < -0.39 is 0 Å². The summed E-state index contributed by atoms with van der Waals surface area (Å²) in [6.45, 7) is 0. The van der Waals surface area contributed by atoms with Gasteiger partial charge in [-0.05, 0) is 46.3 Å². The van der Waals surface area contributed by atoms with E-state index >= 15 is 0 Å². The number of hydrogen-bond acceptors (Lipinski definition) is 3. The lowest BCUT2D eigenvalue weighted by Gasteiger charge is -2.06. The van der Waals surface area contributed by atoms with Crippen LogP contribution in [0.3, 0.4) is 0 Å². The molecule has 5 heteroatoms. The minimum absolute atomic E-state index is 0.291. The van der Waals surface area contributed by atoms with Gasteiger partial charge in [-0.2, -0.15) is 0 Å². The molecule has 0 aliphatic heterocycles. The van der Waals surface area contributed by atoms with Gasteiger partial charge in [0.05, 0.1) is 16.4 Å². The molecule has 16 heavy (non-hydrogen) atoms. The first-order valence-corrected chi connectivity index (χ1v) is 5.38. The fourth-order valence-electron chi connectivity index (χ4n) is 1.22. The molecule has 0 saturated heterocycles. The number of hydrogen-bond donors (Lipinski definition) is 2. The van der Waals surface area contributed by atoms with Crippen molar-refractivity contribution in [2.45, 2.75) is 0 Å². The number of nitrogens with zero attached hydrogens (tertiary/aromatic N) is 1. The van der Waals surface area contributed by atoms with E-state index in [0.717, 1.165) is 11.4 Å². The Hall–Kier alpha value is -1.62. The molecule has 0 atom stereocenters. The Balaban J connectivity index is 2.20. The fraction of sp³-hybridized carbons (Fsp3) is 0. The van der Waals surface area contributed by atoms with Crippen molar-refractivity contribution < 1.29 is 4.39 Å². The molecule has 3 nitrogen and oxygen atoms in total. The Bertz CT molecular complexity index is 499. The molecular weight excluding hydrogens is 273 g/mol. The molecule has 3 N–H and O–H groups in total. The molecule has 2 rings (SSSR count). The minimum Gasteiger partial charge on any atom is -0.384 e. The molecule has 0 unspecified atom stereocenters. The van der Waals surface area contributed by atoms with Crippen LogP contribution in [0.4, 0.5) is 21.6 Å². The van der Waals surface area contributed by atoms with Crippen molar-refractivity contribution in [3.8, 4) is 0 Å². The smallest absolute Gasteiger partial charge is 0.137 e. The Labute approximate surface area is 101 Å². The molecule has 0 aliphatic rings. The van der Waals surface area contributed by atoms with Crippen molar-refractivity contribution in [2.75, 3.05) is 11.1 Å². The first-order chi connectivity index (χ1) is 7.65. The normalized spacial score (nSPS) is 10.1. The molecule has 0 radical (unpaired) electrons. The third-order valence-electron chi connectivity index (χ3n) is 1.99. The summed E-state index contributed by atoms with van der Waals surface area (Å²) in [6.07, 6.45) is 1.62. The molecule has 82 valence electrons. The summed E-state index contributed by atoms with van der Waals surface area (Å²) in [4.78, 5) is 3.94. The topological polar surface area (TPSA) is 50.9 Å². The summed E-state index contributed by atoms with van der Waals surface area (Å²) < 4.78 is 13.4. The van der Waals surface area contributed by atoms with E-state index in [0.29, 0.717) is 10.3 Å². The van der Waals surface area contributed by atoms with Gasteiger partial charge in [0.25, 0.3) is 0 Å². The summed E-state index contributed by atoms with van der Waals surface area (Å²) >= 11 is 3.12. The first kappa shape index (κ1) is 10.9. The number of benzene rings is 1. The highest BCUT2D eigenvalue weighted by Crippen LogP contribution is 2.22. The van der Waals surface area contributed by atoms with E-state index in [1.807, 2.05) is 0 Å². The van der Waals surface area contributed by atoms with Gasteiger partial charge in [0.1, 0.15) is 11.6 Å². The number of nitrogens with one attached hydrogen (secondary N) is 1. The van der Waals surface area contributed by atoms with Crippen LogP contribution in [0.5, 0.6) is 0 Å². The van der Waals surface area contributed by atoms with E-state index in [4.69, 9.17) is 5.73 Å². The van der Waals surface area contributed by atoms with Crippen LogP contribution in [0.1, 0.15) is 0 Å². The van der Waals surface area contributed by atoms with Gasteiger partial charge in [-0.15, -0.1) is 0 Å². The number of rotatable bonds is 2. The van der Waals surface area contributed by atoms with Crippen molar-refractivity contribution in [1.29, 1.82) is 0 Å². The molecule has 1 aromatic carbocycles. The number of nitrogen functional groups attached to an aromatic ring is 1. The second kappa shape index (κ2) is 4.49. The zero-order valence-electron chi connectivity index (χ0n) is 8.24. The van der Waals surface area contributed by atoms with Crippen LogP contribution in [0.2, 0.25) is 0 Å². The van der Waals surface area contributed by atoms with Gasteiger partial charge >= 0.3 is 0 Å². The third kappa shape index (κ3) is 2.49. The lowest BCUT2D eigenvalue weighted by Crippen LogP contribution is -1.94. The SMILES string of the molecule is Nc1ccc(Nc2ccc(F)c(Br)c2)cn1. The van der Waals surface area contributed by atoms with Crippen LogP contribution in [-0.4, -0.2) is 4.98 Å². The van der Waals surface area contributed by atoms with Crippen molar-refractivity contribution in [3.63, 3.8) is 0 Å². The molecule has 0 fully saturated rings. The number of nitrogens with two attached hydrogens (primary N) is 1. The van der Waals surface area contributed by atoms with E-state index in [-0.39, 0.29) is 5.82 Å². The number of halogens is 2. The fourth-order valence-corrected chi connectivity index (χ4v) is 1.60. The van der Waals surface area contributed by atoms with Crippen LogP contribution in [-0.2, 0) is 0 Å². The van der Waals surface area contributed by atoms with Gasteiger partial charge in [0, 0.05) is 5.69 Å². The highest BCUT2D eigenvalue weighted by Gasteiger charge is 2.00. The van der Waals surface area contributed by atoms with Crippen molar-refractivity contribution in [1.82, 2.24) is 4.98 Å². The molecule has 0 aliphatic carbocycles. The van der Waals surface area contributed by atoms with E-state index in [2.05, 4.69) is 26.2 Å². The Morgan fingerprint density at radius 1 is 1.19 bits per heavy atom. The summed E-state index contributed by atoms with van der Waals surface area (Å²) in [5.74, 6) is 0.173. The van der Waals surface area contributed by atoms with E-state index in [1.165, 1.54) is 6.07 Å². The van der Waals surface area contributed by atoms with Crippen molar-refractivity contribution >= 4 is 33.1 Å². The molecule has 1 aromatic heterocycles. The maximum atomic E-state index is 13.0. The third-order valence-corrected chi connectivity index (χ3v) is 2.60. The van der Waals surface area contributed by atoms with Crippen LogP contribution in [0.25, 0.3) is 0 Å². The maximum absolute atomic E-state index is 13.0. The van der Waals surface area contributed by atoms with Crippen molar-refractivity contribution in [2.24, 2.45) is 0 Å². The van der Waals surface area contributed by atoms with Gasteiger partial charge in [-0.3, -0.25) is 0 Å². The Morgan fingerprint density at radius 3 is 2.56 bits per heavy atom. The van der Waals surface area contributed by atoms with Gasteiger partial charge in [0.15, 0.2) is 0 Å². The van der Waals surface area contributed by atoms with Gasteiger partial charge in [0.2, 0.25) is 0 Å². The molecular formula is C11H9BrFN3. The van der Waals surface area contributed by atoms with Gasteiger partial charge < -0.3 is 11.1 Å². The van der Waals surface area contributed by atoms with E-state index in [1.54, 1.807) is 30.5 Å². The zero-order valence-corrected chi connectivity index (χ0v) is 9.83. The van der Waals surface area contributed by atoms with Gasteiger partial charge in [-0.1, -0.05) is 0 Å². The second-order valence-corrected chi connectivity index (χ2v) is 4.08. The molecule has 0 bridgehead atoms. The van der Waals surface area contributed by atoms with Crippen LogP contribution in [0, 0.1) is 5.82 Å². The molecule has 0 spiro atoms. The lowest BCUT2D eigenvalue weighted by molar-refractivity contribution is 0.621. The summed E-state index contributed by atoms with van der Waals surface area (Å²) in [5.41, 5.74) is 7.04. The average molecular weight is 282 g/mol. The monoisotopic (exact) mass is 281 g/mol. The predicted octanol–water partition coefficient (Wildman–Crippen LogP) is 3.31. The van der Waals surface area contributed by atoms with Crippen LogP contribution < -0.4 is 11.1 Å². The predicted molar refractivity (Wildman–Crippen MR) is 66.0 cm³/mol. The van der Waals surface area contributed by atoms with Crippen LogP contribution >= 0.6 is 15.9 Å². The summed E-state index contributed by atoms with van der Waals surface area (Å²) in [7, 11) is 0. The Morgan fingerprint density at radius 2 is 1.94 bits per heavy atom. The second-order valence-electron chi connectivity index (χ2n) is 3.23. The quantitative estimate of drug-likeness (QED) is 0.888. The summed E-state index contributed by atoms with van der Waals surface area (Å²) in [6, 6.07) is 8.19. The average Bonchev–Trinajstić information content (AvgIpc) is 2.27. The number of pyridine rings is 1. The summed E-state index contributed by atoms with van der Waals surface area (Å²) in [5, 5.41) is 3.08. The molecule has 2 aromatic rings. The standard InChI is InChI=1S/C11H9BrFN3/c12-9-5-7(1-3-10(9)13)16-8-2-4-11(14)15-6-8/h1-6,16H,(H2,14,15). The molecule has 1 heterocycles. The lowest BCUT2D eigenvalue weighted by atomic mass is 10.3. The zero-order chi connectivity index (χ0) is 11.5. The number of aromatic nitrogens is 1. The Kier molecular flexibility index (Phi) is 3.05. The molecule has 0 saturated carbocycles. The number of anilines is 3.